The number of hydrogen-bond acceptors (Lipinski definition) is 4. The summed E-state index contributed by atoms with van der Waals surface area (Å²) in [6.07, 6.45) is 2.13. The Morgan fingerprint density at radius 3 is 2.41 bits per heavy atom. The van der Waals surface area contributed by atoms with Crippen molar-refractivity contribution in [3.8, 4) is 11.3 Å². The number of ether oxygens (including phenoxy) is 1. The van der Waals surface area contributed by atoms with Crippen LogP contribution in [0.2, 0.25) is 0 Å². The van der Waals surface area contributed by atoms with Crippen LogP contribution in [-0.2, 0) is 28.8 Å². The lowest BCUT2D eigenvalue weighted by atomic mass is 9.89. The van der Waals surface area contributed by atoms with E-state index >= 15 is 0 Å². The lowest BCUT2D eigenvalue weighted by molar-refractivity contribution is -0.139. The van der Waals surface area contributed by atoms with Gasteiger partial charge in [0.25, 0.3) is 5.91 Å². The first-order valence-electron chi connectivity index (χ1n) is 14.5. The molecule has 41 heavy (non-hydrogen) atoms. The van der Waals surface area contributed by atoms with Crippen LogP contribution in [0.25, 0.3) is 11.3 Å². The second-order valence-electron chi connectivity index (χ2n) is 11.9. The van der Waals surface area contributed by atoms with E-state index in [0.717, 1.165) is 31.7 Å². The first-order valence-corrected chi connectivity index (χ1v) is 15.6. The maximum Gasteiger partial charge on any atom is 0.421 e. The second kappa shape index (κ2) is 13.5. The van der Waals surface area contributed by atoms with Crippen LogP contribution in [0, 0.1) is 12.8 Å². The maximum atomic E-state index is 14.3. The molecule has 228 valence electrons. The lowest BCUT2D eigenvalue weighted by Crippen LogP contribution is -2.44. The number of alkyl halides is 4. The summed E-state index contributed by atoms with van der Waals surface area (Å²) in [6, 6.07) is 5.44. The van der Waals surface area contributed by atoms with Gasteiger partial charge in [0.05, 0.1) is 29.1 Å². The van der Waals surface area contributed by atoms with Gasteiger partial charge in [0.2, 0.25) is 0 Å². The summed E-state index contributed by atoms with van der Waals surface area (Å²) in [5.74, 6) is 0.127. The zero-order valence-corrected chi connectivity index (χ0v) is 24.9. The Hall–Kier alpha value is -2.08. The number of amides is 1. The summed E-state index contributed by atoms with van der Waals surface area (Å²) >= 11 is -2.22. The third-order valence-electron chi connectivity index (χ3n) is 8.20. The highest BCUT2D eigenvalue weighted by Gasteiger charge is 2.40. The predicted molar refractivity (Wildman–Crippen MR) is 152 cm³/mol. The zero-order chi connectivity index (χ0) is 29.8. The largest absolute Gasteiger partial charge is 0.593 e. The van der Waals surface area contributed by atoms with Crippen molar-refractivity contribution in [2.24, 2.45) is 5.92 Å². The number of halogens is 4. The molecule has 1 saturated carbocycles. The standard InChI is InChI=1S/C30H41F4N3O3S/c1-20-24(28(38)35-23-11-15-40-16-12-23)18-26(37(20)19-21-7-5-4-6-8-21)22-9-10-27(25(17-22)30(32,33)34)41(39)36-29(2,3)13-14-31/h9-10,17-18,21,23,36H,4-8,11-16,19H2,1-3H3,(H,35,38). The molecule has 1 aromatic heterocycles. The Bertz CT molecular complexity index is 1190. The Balaban J connectivity index is 1.73. The van der Waals surface area contributed by atoms with Crippen LogP contribution < -0.4 is 10.0 Å². The van der Waals surface area contributed by atoms with Crippen molar-refractivity contribution in [1.29, 1.82) is 0 Å². The highest BCUT2D eigenvalue weighted by Crippen LogP contribution is 2.39. The average molecular weight is 600 g/mol. The van der Waals surface area contributed by atoms with Crippen LogP contribution in [0.3, 0.4) is 0 Å². The number of hydrogen-bond donors (Lipinski definition) is 2. The van der Waals surface area contributed by atoms with E-state index in [1.807, 2.05) is 11.5 Å². The van der Waals surface area contributed by atoms with Crippen molar-refractivity contribution in [3.05, 3.63) is 41.1 Å². The van der Waals surface area contributed by atoms with Crippen molar-refractivity contribution in [3.63, 3.8) is 0 Å². The van der Waals surface area contributed by atoms with E-state index in [9.17, 15) is 26.9 Å². The molecule has 2 aliphatic rings. The van der Waals surface area contributed by atoms with Crippen molar-refractivity contribution in [2.75, 3.05) is 19.9 Å². The van der Waals surface area contributed by atoms with Crippen LogP contribution >= 0.6 is 0 Å². The fourth-order valence-electron chi connectivity index (χ4n) is 5.75. The molecule has 0 radical (unpaired) electrons. The van der Waals surface area contributed by atoms with Gasteiger partial charge in [-0.3, -0.25) is 9.18 Å². The molecule has 6 nitrogen and oxygen atoms in total. The van der Waals surface area contributed by atoms with E-state index in [4.69, 9.17) is 4.74 Å². The van der Waals surface area contributed by atoms with Crippen LogP contribution in [0.5, 0.6) is 0 Å². The number of benzene rings is 1. The minimum Gasteiger partial charge on any atom is -0.593 e. The van der Waals surface area contributed by atoms with Gasteiger partial charge in [0.1, 0.15) is 5.56 Å². The molecule has 1 unspecified atom stereocenters. The average Bonchev–Trinajstić information content (AvgIpc) is 3.24. The molecule has 2 fully saturated rings. The molecule has 1 atom stereocenters. The van der Waals surface area contributed by atoms with Gasteiger partial charge in [-0.2, -0.15) is 13.2 Å². The molecule has 2 N–H and O–H groups in total. The minimum atomic E-state index is -4.77. The number of nitrogens with one attached hydrogen (secondary N) is 2. The summed E-state index contributed by atoms with van der Waals surface area (Å²) in [4.78, 5) is 12.9. The van der Waals surface area contributed by atoms with E-state index < -0.39 is 40.2 Å². The van der Waals surface area contributed by atoms with E-state index in [1.165, 1.54) is 18.6 Å². The van der Waals surface area contributed by atoms with Crippen LogP contribution in [-0.4, -0.2) is 46.5 Å². The van der Waals surface area contributed by atoms with Crippen molar-refractivity contribution >= 4 is 17.3 Å². The first kappa shape index (κ1) is 31.8. The fraction of sp³-hybridized carbons (Fsp3) is 0.633. The molecule has 1 saturated heterocycles. The molecule has 1 aliphatic carbocycles. The quantitative estimate of drug-likeness (QED) is 0.235. The van der Waals surface area contributed by atoms with Gasteiger partial charge in [-0.15, -0.1) is 4.72 Å². The number of nitrogens with zero attached hydrogens (tertiary/aromatic N) is 1. The van der Waals surface area contributed by atoms with Crippen LogP contribution in [0.15, 0.2) is 29.2 Å². The van der Waals surface area contributed by atoms with E-state index in [0.29, 0.717) is 61.0 Å². The van der Waals surface area contributed by atoms with Crippen LogP contribution in [0.4, 0.5) is 17.6 Å². The Morgan fingerprint density at radius 1 is 1.10 bits per heavy atom. The summed E-state index contributed by atoms with van der Waals surface area (Å²) in [5.41, 5.74) is 0.000760. The van der Waals surface area contributed by atoms with Crippen molar-refractivity contribution in [2.45, 2.75) is 101 Å². The molecule has 1 amide bonds. The normalized spacial score (nSPS) is 18.4. The van der Waals surface area contributed by atoms with E-state index in [2.05, 4.69) is 10.0 Å². The van der Waals surface area contributed by atoms with Gasteiger partial charge in [-0.1, -0.05) is 19.3 Å². The smallest absolute Gasteiger partial charge is 0.421 e. The molecule has 11 heteroatoms. The summed E-state index contributed by atoms with van der Waals surface area (Å²) < 4.78 is 78.9. The zero-order valence-electron chi connectivity index (χ0n) is 24.0. The molecule has 1 aromatic carbocycles. The van der Waals surface area contributed by atoms with E-state index in [-0.39, 0.29) is 18.4 Å². The number of carbonyl (C=O) groups excluding carboxylic acids is 1. The maximum absolute atomic E-state index is 14.3. The SMILES string of the molecule is Cc1c(C(=O)NC2CCOCC2)cc(-c2ccc([S+]([O-])NC(C)(C)CCF)c(C(F)(F)F)c2)n1CC1CCCCC1. The monoisotopic (exact) mass is 599 g/mol. The Labute approximate surface area is 242 Å². The highest BCUT2D eigenvalue weighted by molar-refractivity contribution is 7.89. The van der Waals surface area contributed by atoms with Gasteiger partial charge in [-0.25, -0.2) is 0 Å². The van der Waals surface area contributed by atoms with Crippen LogP contribution in [0.1, 0.15) is 86.8 Å². The molecular weight excluding hydrogens is 558 g/mol. The fourth-order valence-corrected chi connectivity index (χ4v) is 7.03. The molecular formula is C30H41F4N3O3S. The summed E-state index contributed by atoms with van der Waals surface area (Å²) in [6.45, 7) is 6.11. The van der Waals surface area contributed by atoms with E-state index in [1.54, 1.807) is 19.9 Å². The molecule has 4 rings (SSSR count). The third-order valence-corrected chi connectivity index (χ3v) is 9.70. The topological polar surface area (TPSA) is 78.3 Å². The van der Waals surface area contributed by atoms with Gasteiger partial charge in [-0.05, 0) is 88.6 Å². The predicted octanol–water partition coefficient (Wildman–Crippen LogP) is 6.72. The molecule has 0 spiro atoms. The Morgan fingerprint density at radius 2 is 1.78 bits per heavy atom. The molecule has 2 heterocycles. The minimum absolute atomic E-state index is 0.00482. The summed E-state index contributed by atoms with van der Waals surface area (Å²) in [5, 5.41) is 3.08. The third kappa shape index (κ3) is 8.06. The number of rotatable bonds is 10. The first-order chi connectivity index (χ1) is 19.4. The molecule has 1 aliphatic heterocycles. The van der Waals surface area contributed by atoms with Gasteiger partial charge in [0, 0.05) is 37.2 Å². The van der Waals surface area contributed by atoms with Crippen molar-refractivity contribution < 1.29 is 31.6 Å². The van der Waals surface area contributed by atoms with Gasteiger partial charge < -0.3 is 19.2 Å². The van der Waals surface area contributed by atoms with Gasteiger partial charge in [0.15, 0.2) is 4.90 Å². The van der Waals surface area contributed by atoms with Gasteiger partial charge >= 0.3 is 6.18 Å². The van der Waals surface area contributed by atoms with Crippen molar-refractivity contribution in [1.82, 2.24) is 14.6 Å². The number of aromatic nitrogens is 1. The second-order valence-corrected chi connectivity index (χ2v) is 13.1. The number of carbonyl (C=O) groups is 1. The highest BCUT2D eigenvalue weighted by atomic mass is 32.2. The summed E-state index contributed by atoms with van der Waals surface area (Å²) in [7, 11) is 0. The lowest BCUT2D eigenvalue weighted by Gasteiger charge is -2.27. The Kier molecular flexibility index (Phi) is 10.5. The molecule has 2 aromatic rings. The molecule has 0 bridgehead atoms.